The van der Waals surface area contributed by atoms with Crippen LogP contribution < -0.4 is 19.6 Å². The topological polar surface area (TPSA) is 65.0 Å². The Balaban J connectivity index is 1.65. The summed E-state index contributed by atoms with van der Waals surface area (Å²) in [6.07, 6.45) is 1.71. The van der Waals surface area contributed by atoms with Crippen molar-refractivity contribution in [2.24, 2.45) is 5.10 Å². The maximum absolute atomic E-state index is 5.51. The summed E-state index contributed by atoms with van der Waals surface area (Å²) in [5.74, 6) is 2.22. The normalized spacial score (nSPS) is 10.8. The monoisotopic (exact) mass is 383 g/mol. The molecular formula is C20H21N3O3S. The molecule has 0 saturated heterocycles. The summed E-state index contributed by atoms with van der Waals surface area (Å²) < 4.78 is 16.0. The van der Waals surface area contributed by atoms with E-state index >= 15 is 0 Å². The fourth-order valence-electron chi connectivity index (χ4n) is 2.42. The average molecular weight is 383 g/mol. The zero-order chi connectivity index (χ0) is 19.1. The minimum atomic E-state index is 0.589. The molecule has 0 aliphatic carbocycles. The third-order valence-corrected chi connectivity index (χ3v) is 4.50. The number of aromatic nitrogens is 1. The van der Waals surface area contributed by atoms with E-state index < -0.39 is 0 Å². The first-order valence-corrected chi connectivity index (χ1v) is 9.31. The summed E-state index contributed by atoms with van der Waals surface area (Å²) in [7, 11) is 3.27. The van der Waals surface area contributed by atoms with E-state index in [4.69, 9.17) is 14.2 Å². The van der Waals surface area contributed by atoms with E-state index in [9.17, 15) is 0 Å². The molecule has 0 spiro atoms. The van der Waals surface area contributed by atoms with Gasteiger partial charge in [-0.1, -0.05) is 0 Å². The molecular weight excluding hydrogens is 362 g/mol. The van der Waals surface area contributed by atoms with Gasteiger partial charge in [-0.3, -0.25) is 5.43 Å². The van der Waals surface area contributed by atoms with Crippen LogP contribution in [0.5, 0.6) is 17.2 Å². The van der Waals surface area contributed by atoms with Gasteiger partial charge in [0.05, 0.1) is 32.7 Å². The van der Waals surface area contributed by atoms with Gasteiger partial charge in [-0.25, -0.2) is 4.98 Å². The van der Waals surface area contributed by atoms with Crippen LogP contribution in [0.25, 0.3) is 11.3 Å². The molecule has 0 fully saturated rings. The van der Waals surface area contributed by atoms with Crippen LogP contribution in [-0.4, -0.2) is 32.0 Å². The Morgan fingerprint density at radius 2 is 1.89 bits per heavy atom. The van der Waals surface area contributed by atoms with Crippen molar-refractivity contribution in [2.45, 2.75) is 6.92 Å². The lowest BCUT2D eigenvalue weighted by Gasteiger charge is -2.09. The van der Waals surface area contributed by atoms with E-state index in [-0.39, 0.29) is 0 Å². The van der Waals surface area contributed by atoms with Gasteiger partial charge in [0.15, 0.2) is 11.5 Å². The van der Waals surface area contributed by atoms with Crippen LogP contribution in [0.2, 0.25) is 0 Å². The first-order valence-electron chi connectivity index (χ1n) is 8.43. The number of hydrazone groups is 1. The van der Waals surface area contributed by atoms with Crippen molar-refractivity contribution in [1.29, 1.82) is 0 Å². The number of thiazole rings is 1. The fourth-order valence-corrected chi connectivity index (χ4v) is 3.09. The Bertz CT molecular complexity index is 907. The van der Waals surface area contributed by atoms with Gasteiger partial charge in [0, 0.05) is 10.9 Å². The van der Waals surface area contributed by atoms with E-state index in [1.807, 2.05) is 54.8 Å². The quantitative estimate of drug-likeness (QED) is 0.452. The molecule has 0 saturated carbocycles. The molecule has 27 heavy (non-hydrogen) atoms. The van der Waals surface area contributed by atoms with Gasteiger partial charge in [0.1, 0.15) is 5.75 Å². The maximum atomic E-state index is 5.51. The molecule has 0 aliphatic rings. The summed E-state index contributed by atoms with van der Waals surface area (Å²) in [6.45, 7) is 2.53. The summed E-state index contributed by atoms with van der Waals surface area (Å²) in [5, 5.41) is 6.96. The van der Waals surface area contributed by atoms with Gasteiger partial charge in [0.2, 0.25) is 5.13 Å². The van der Waals surface area contributed by atoms with Crippen LogP contribution in [-0.2, 0) is 0 Å². The maximum Gasteiger partial charge on any atom is 0.203 e. The fraction of sp³-hybridized carbons (Fsp3) is 0.200. The summed E-state index contributed by atoms with van der Waals surface area (Å²) in [4.78, 5) is 4.55. The highest BCUT2D eigenvalue weighted by Crippen LogP contribution is 2.28. The number of hydrogen-bond donors (Lipinski definition) is 1. The van der Waals surface area contributed by atoms with Crippen molar-refractivity contribution in [3.05, 3.63) is 53.4 Å². The van der Waals surface area contributed by atoms with E-state index in [0.717, 1.165) is 27.7 Å². The molecule has 0 bridgehead atoms. The van der Waals surface area contributed by atoms with Gasteiger partial charge in [-0.15, -0.1) is 11.3 Å². The van der Waals surface area contributed by atoms with Gasteiger partial charge < -0.3 is 14.2 Å². The predicted molar refractivity (Wildman–Crippen MR) is 109 cm³/mol. The molecule has 1 heterocycles. The summed E-state index contributed by atoms with van der Waals surface area (Å²) in [5.41, 5.74) is 5.78. The molecule has 1 aromatic heterocycles. The lowest BCUT2D eigenvalue weighted by Crippen LogP contribution is -1.96. The van der Waals surface area contributed by atoms with Crippen molar-refractivity contribution < 1.29 is 14.2 Å². The molecule has 140 valence electrons. The molecule has 0 atom stereocenters. The molecule has 3 aromatic rings. The van der Waals surface area contributed by atoms with Gasteiger partial charge in [0.25, 0.3) is 0 Å². The van der Waals surface area contributed by atoms with Crippen LogP contribution in [0.4, 0.5) is 5.13 Å². The second-order valence-corrected chi connectivity index (χ2v) is 6.34. The van der Waals surface area contributed by atoms with Crippen LogP contribution in [0.3, 0.4) is 0 Å². The minimum Gasteiger partial charge on any atom is -0.497 e. The molecule has 0 aliphatic heterocycles. The lowest BCUT2D eigenvalue weighted by atomic mass is 10.2. The molecule has 3 rings (SSSR count). The minimum absolute atomic E-state index is 0.589. The molecule has 6 nitrogen and oxygen atoms in total. The number of anilines is 1. The van der Waals surface area contributed by atoms with E-state index in [0.29, 0.717) is 18.1 Å². The van der Waals surface area contributed by atoms with Crippen LogP contribution in [0.1, 0.15) is 12.5 Å². The van der Waals surface area contributed by atoms with Crippen molar-refractivity contribution >= 4 is 22.7 Å². The number of rotatable bonds is 8. The van der Waals surface area contributed by atoms with E-state index in [1.165, 1.54) is 11.3 Å². The Morgan fingerprint density at radius 3 is 2.59 bits per heavy atom. The SMILES string of the molecule is CCOc1ccc(/C=N\Nc2nc(-c3ccc(OC)cc3)cs2)cc1OC. The number of nitrogens with zero attached hydrogens (tertiary/aromatic N) is 2. The highest BCUT2D eigenvalue weighted by molar-refractivity contribution is 7.14. The van der Waals surface area contributed by atoms with Gasteiger partial charge >= 0.3 is 0 Å². The van der Waals surface area contributed by atoms with Crippen LogP contribution in [0.15, 0.2) is 52.9 Å². The first kappa shape index (κ1) is 18.7. The number of benzene rings is 2. The third-order valence-electron chi connectivity index (χ3n) is 3.75. The second kappa shape index (κ2) is 9.05. The second-order valence-electron chi connectivity index (χ2n) is 5.48. The standard InChI is InChI=1S/C20H21N3O3S/c1-4-26-18-10-5-14(11-19(18)25-3)12-21-23-20-22-17(13-27-20)15-6-8-16(24-2)9-7-15/h5-13H,4H2,1-3H3,(H,22,23)/b21-12-. The predicted octanol–water partition coefficient (Wildman–Crippen LogP) is 4.67. The Labute approximate surface area is 162 Å². The number of methoxy groups -OCH3 is 2. The average Bonchev–Trinajstić information content (AvgIpc) is 3.18. The zero-order valence-electron chi connectivity index (χ0n) is 15.4. The first-order chi connectivity index (χ1) is 13.2. The third kappa shape index (κ3) is 4.77. The van der Waals surface area contributed by atoms with Gasteiger partial charge in [-0.05, 0) is 55.0 Å². The molecule has 7 heteroatoms. The highest BCUT2D eigenvalue weighted by atomic mass is 32.1. The Kier molecular flexibility index (Phi) is 6.27. The molecule has 2 aromatic carbocycles. The summed E-state index contributed by atoms with van der Waals surface area (Å²) in [6, 6.07) is 13.5. The van der Waals surface area contributed by atoms with Crippen LogP contribution in [0, 0.1) is 0 Å². The largest absolute Gasteiger partial charge is 0.497 e. The van der Waals surface area contributed by atoms with Crippen molar-refractivity contribution in [3.8, 4) is 28.5 Å². The lowest BCUT2D eigenvalue weighted by molar-refractivity contribution is 0.311. The molecule has 0 radical (unpaired) electrons. The van der Waals surface area contributed by atoms with Gasteiger partial charge in [-0.2, -0.15) is 5.10 Å². The van der Waals surface area contributed by atoms with Crippen molar-refractivity contribution in [2.75, 3.05) is 26.3 Å². The zero-order valence-corrected chi connectivity index (χ0v) is 16.2. The summed E-state index contributed by atoms with van der Waals surface area (Å²) >= 11 is 1.49. The Hall–Kier alpha value is -3.06. The van der Waals surface area contributed by atoms with Crippen molar-refractivity contribution in [3.63, 3.8) is 0 Å². The number of nitrogens with one attached hydrogen (secondary N) is 1. The van der Waals surface area contributed by atoms with E-state index in [2.05, 4.69) is 15.5 Å². The van der Waals surface area contributed by atoms with Crippen molar-refractivity contribution in [1.82, 2.24) is 4.98 Å². The Morgan fingerprint density at radius 1 is 1.07 bits per heavy atom. The highest BCUT2D eigenvalue weighted by Gasteiger charge is 2.05. The smallest absolute Gasteiger partial charge is 0.203 e. The van der Waals surface area contributed by atoms with E-state index in [1.54, 1.807) is 20.4 Å². The molecule has 0 unspecified atom stereocenters. The van der Waals surface area contributed by atoms with Crippen LogP contribution >= 0.6 is 11.3 Å². The molecule has 1 N–H and O–H groups in total. The number of hydrogen-bond acceptors (Lipinski definition) is 7. The number of ether oxygens (including phenoxy) is 3. The molecule has 0 amide bonds.